The Hall–Kier alpha value is -3.75. The molecule has 0 radical (unpaired) electrons. The van der Waals surface area contributed by atoms with Crippen molar-refractivity contribution in [2.45, 2.75) is 13.0 Å². The molecule has 2 aromatic heterocycles. The Morgan fingerprint density at radius 3 is 2.56 bits per heavy atom. The zero-order chi connectivity index (χ0) is 19.6. The number of nitrogens with zero attached hydrogens (tertiary/aromatic N) is 3. The number of methoxy groups -OCH3 is 1. The Bertz CT molecular complexity index is 1030. The van der Waals surface area contributed by atoms with Crippen LogP contribution in [0.2, 0.25) is 0 Å². The van der Waals surface area contributed by atoms with Crippen molar-refractivity contribution in [3.05, 3.63) is 65.4 Å². The molecule has 2 heterocycles. The molecule has 3 rings (SSSR count). The number of esters is 1. The average Bonchev–Trinajstić information content (AvgIpc) is 3.15. The number of nitrogens with one attached hydrogen (secondary N) is 1. The van der Waals surface area contributed by atoms with E-state index in [4.69, 9.17) is 0 Å². The van der Waals surface area contributed by atoms with Crippen LogP contribution in [0.1, 0.15) is 49.9 Å². The predicted molar refractivity (Wildman–Crippen MR) is 93.6 cm³/mol. The second kappa shape index (κ2) is 7.24. The highest BCUT2D eigenvalue weighted by Gasteiger charge is 2.18. The number of carbonyl (C=O) groups is 3. The number of carboxylic acids is 1. The van der Waals surface area contributed by atoms with Crippen LogP contribution < -0.4 is 5.32 Å². The van der Waals surface area contributed by atoms with Gasteiger partial charge in [-0.2, -0.15) is 0 Å². The number of hydrogen-bond acceptors (Lipinski definition) is 6. The van der Waals surface area contributed by atoms with Crippen molar-refractivity contribution in [1.82, 2.24) is 19.7 Å². The number of hydrogen-bond donors (Lipinski definition) is 2. The van der Waals surface area contributed by atoms with Gasteiger partial charge in [-0.15, -0.1) is 0 Å². The van der Waals surface area contributed by atoms with E-state index in [2.05, 4.69) is 20.0 Å². The van der Waals surface area contributed by atoms with Gasteiger partial charge in [-0.25, -0.2) is 19.6 Å². The summed E-state index contributed by atoms with van der Waals surface area (Å²) in [5.74, 6) is -2.16. The van der Waals surface area contributed by atoms with E-state index in [0.29, 0.717) is 5.56 Å². The highest BCUT2D eigenvalue weighted by Crippen LogP contribution is 2.15. The molecule has 0 spiro atoms. The Balaban J connectivity index is 1.81. The van der Waals surface area contributed by atoms with Gasteiger partial charge in [-0.1, -0.05) is 12.1 Å². The van der Waals surface area contributed by atoms with E-state index in [9.17, 15) is 19.5 Å². The quantitative estimate of drug-likeness (QED) is 0.657. The van der Waals surface area contributed by atoms with Crippen LogP contribution in [0.3, 0.4) is 0 Å². The third kappa shape index (κ3) is 3.61. The maximum atomic E-state index is 12.5. The lowest BCUT2D eigenvalue weighted by molar-refractivity contribution is 0.0599. The van der Waals surface area contributed by atoms with Crippen LogP contribution in [-0.2, 0) is 4.74 Å². The molecule has 1 amide bonds. The van der Waals surface area contributed by atoms with Crippen molar-refractivity contribution in [2.24, 2.45) is 0 Å². The first-order chi connectivity index (χ1) is 12.9. The number of carbonyl (C=O) groups excluding carboxylic acids is 2. The van der Waals surface area contributed by atoms with Gasteiger partial charge in [0.05, 0.1) is 24.9 Å². The van der Waals surface area contributed by atoms with Crippen molar-refractivity contribution in [2.75, 3.05) is 7.11 Å². The van der Waals surface area contributed by atoms with Crippen LogP contribution in [0.15, 0.2) is 42.9 Å². The summed E-state index contributed by atoms with van der Waals surface area (Å²) in [6.45, 7) is 1.76. The number of carboxylic acid groups (broad SMARTS) is 1. The highest BCUT2D eigenvalue weighted by molar-refractivity contribution is 5.96. The molecule has 3 aromatic rings. The van der Waals surface area contributed by atoms with Gasteiger partial charge in [0.2, 0.25) is 0 Å². The summed E-state index contributed by atoms with van der Waals surface area (Å²) < 4.78 is 5.93. The normalized spacial score (nSPS) is 11.8. The molecule has 0 aliphatic carbocycles. The standard InChI is InChI=1S/C18H16N4O5/c1-10(11-3-5-12(6-4-11)18(26)27-2)20-16(23)13-7-14(17(24)25)22-9-19-8-15(22)21-13/h3-10H,1-2H3,(H,20,23)(H,24,25)/t10-/m1/s1. The van der Waals surface area contributed by atoms with Gasteiger partial charge < -0.3 is 15.2 Å². The lowest BCUT2D eigenvalue weighted by Crippen LogP contribution is -2.28. The third-order valence-electron chi connectivity index (χ3n) is 4.02. The van der Waals surface area contributed by atoms with Gasteiger partial charge in [0.1, 0.15) is 17.7 Å². The number of imidazole rings is 1. The Kier molecular flexibility index (Phi) is 4.84. The third-order valence-corrected chi connectivity index (χ3v) is 4.02. The molecule has 0 saturated carbocycles. The lowest BCUT2D eigenvalue weighted by Gasteiger charge is -2.15. The first-order valence-corrected chi connectivity index (χ1v) is 7.96. The van der Waals surface area contributed by atoms with Gasteiger partial charge in [0.25, 0.3) is 5.91 Å². The van der Waals surface area contributed by atoms with Crippen LogP contribution >= 0.6 is 0 Å². The minimum atomic E-state index is -1.19. The Morgan fingerprint density at radius 2 is 1.93 bits per heavy atom. The molecule has 0 saturated heterocycles. The number of rotatable bonds is 5. The van der Waals surface area contributed by atoms with Crippen LogP contribution in [0.5, 0.6) is 0 Å². The monoisotopic (exact) mass is 368 g/mol. The fraction of sp³-hybridized carbons (Fsp3) is 0.167. The van der Waals surface area contributed by atoms with Crippen LogP contribution in [0.25, 0.3) is 5.65 Å². The van der Waals surface area contributed by atoms with E-state index < -0.39 is 17.8 Å². The first-order valence-electron chi connectivity index (χ1n) is 7.96. The molecular formula is C18H16N4O5. The zero-order valence-electron chi connectivity index (χ0n) is 14.5. The summed E-state index contributed by atoms with van der Waals surface area (Å²) in [5.41, 5.74) is 1.28. The number of amides is 1. The fourth-order valence-corrected chi connectivity index (χ4v) is 2.57. The van der Waals surface area contributed by atoms with Gasteiger partial charge in [0, 0.05) is 6.07 Å². The van der Waals surface area contributed by atoms with Crippen molar-refractivity contribution in [1.29, 1.82) is 0 Å². The van der Waals surface area contributed by atoms with Gasteiger partial charge >= 0.3 is 11.9 Å². The molecule has 1 aromatic carbocycles. The summed E-state index contributed by atoms with van der Waals surface area (Å²) in [7, 11) is 1.30. The molecule has 138 valence electrons. The molecular weight excluding hydrogens is 352 g/mol. The van der Waals surface area contributed by atoms with E-state index in [1.54, 1.807) is 31.2 Å². The summed E-state index contributed by atoms with van der Waals surface area (Å²) in [6, 6.07) is 7.41. The Labute approximate surface area is 153 Å². The van der Waals surface area contributed by atoms with E-state index in [1.165, 1.54) is 30.1 Å². The van der Waals surface area contributed by atoms with Gasteiger partial charge in [-0.05, 0) is 24.6 Å². The molecule has 0 unspecified atom stereocenters. The smallest absolute Gasteiger partial charge is 0.353 e. The van der Waals surface area contributed by atoms with E-state index in [0.717, 1.165) is 5.56 Å². The Morgan fingerprint density at radius 1 is 1.22 bits per heavy atom. The molecule has 9 heteroatoms. The van der Waals surface area contributed by atoms with Crippen LogP contribution in [-0.4, -0.2) is 44.4 Å². The fourth-order valence-electron chi connectivity index (χ4n) is 2.57. The maximum Gasteiger partial charge on any atom is 0.353 e. The largest absolute Gasteiger partial charge is 0.477 e. The number of ether oxygens (including phenoxy) is 1. The molecule has 1 atom stereocenters. The van der Waals surface area contributed by atoms with Crippen LogP contribution in [0, 0.1) is 0 Å². The van der Waals surface area contributed by atoms with Crippen molar-refractivity contribution in [3.63, 3.8) is 0 Å². The van der Waals surface area contributed by atoms with Crippen molar-refractivity contribution >= 4 is 23.5 Å². The SMILES string of the molecule is COC(=O)c1ccc([C@@H](C)NC(=O)c2cc(C(=O)O)n3cncc3n2)cc1. The molecule has 0 aliphatic heterocycles. The topological polar surface area (TPSA) is 123 Å². The molecule has 0 bridgehead atoms. The van der Waals surface area contributed by atoms with Gasteiger partial charge in [0.15, 0.2) is 5.65 Å². The number of fused-ring (bicyclic) bond motifs is 1. The van der Waals surface area contributed by atoms with Gasteiger partial charge in [-0.3, -0.25) is 9.20 Å². The molecule has 0 aliphatic rings. The minimum absolute atomic E-state index is 0.0292. The van der Waals surface area contributed by atoms with E-state index >= 15 is 0 Å². The number of aromatic carboxylic acids is 1. The van der Waals surface area contributed by atoms with E-state index in [1.807, 2.05) is 0 Å². The summed E-state index contributed by atoms with van der Waals surface area (Å²) in [6.07, 6.45) is 2.69. The second-order valence-electron chi connectivity index (χ2n) is 5.76. The highest BCUT2D eigenvalue weighted by atomic mass is 16.5. The molecule has 2 N–H and O–H groups in total. The summed E-state index contributed by atoms with van der Waals surface area (Å²) in [5, 5.41) is 12.1. The summed E-state index contributed by atoms with van der Waals surface area (Å²) >= 11 is 0. The average molecular weight is 368 g/mol. The predicted octanol–water partition coefficient (Wildman–Crippen LogP) is 1.71. The molecule has 0 fully saturated rings. The number of benzene rings is 1. The number of aromatic nitrogens is 3. The molecule has 9 nitrogen and oxygen atoms in total. The zero-order valence-corrected chi connectivity index (χ0v) is 14.5. The van der Waals surface area contributed by atoms with E-state index in [-0.39, 0.29) is 23.1 Å². The lowest BCUT2D eigenvalue weighted by atomic mass is 10.1. The summed E-state index contributed by atoms with van der Waals surface area (Å²) in [4.78, 5) is 43.4. The minimum Gasteiger partial charge on any atom is -0.477 e. The van der Waals surface area contributed by atoms with Crippen molar-refractivity contribution < 1.29 is 24.2 Å². The maximum absolute atomic E-state index is 12.5. The van der Waals surface area contributed by atoms with Crippen molar-refractivity contribution in [3.8, 4) is 0 Å². The second-order valence-corrected chi connectivity index (χ2v) is 5.76. The first kappa shape index (κ1) is 18.1. The molecule has 27 heavy (non-hydrogen) atoms. The van der Waals surface area contributed by atoms with Crippen LogP contribution in [0.4, 0.5) is 0 Å².